The van der Waals surface area contributed by atoms with Gasteiger partial charge in [-0.25, -0.2) is 4.98 Å². The van der Waals surface area contributed by atoms with Crippen LogP contribution in [-0.2, 0) is 11.2 Å². The Morgan fingerprint density at radius 2 is 2.25 bits per heavy atom. The lowest BCUT2D eigenvalue weighted by atomic mass is 10.3. The van der Waals surface area contributed by atoms with Crippen molar-refractivity contribution in [3.8, 4) is 0 Å². The van der Waals surface area contributed by atoms with E-state index in [1.807, 2.05) is 20.0 Å². The van der Waals surface area contributed by atoms with Gasteiger partial charge in [0.25, 0.3) is 0 Å². The summed E-state index contributed by atoms with van der Waals surface area (Å²) in [4.78, 5) is 7.11. The number of nitrogens with zero attached hydrogens (tertiary/aromatic N) is 1. The summed E-state index contributed by atoms with van der Waals surface area (Å²) in [5.74, 6) is 1.04. The highest BCUT2D eigenvalue weighted by atomic mass is 16.5. The summed E-state index contributed by atoms with van der Waals surface area (Å²) in [6.07, 6.45) is 5.61. The lowest BCUT2D eigenvalue weighted by Crippen LogP contribution is -1.93. The highest BCUT2D eigenvalue weighted by Crippen LogP contribution is 1.93. The van der Waals surface area contributed by atoms with Crippen LogP contribution in [0.3, 0.4) is 0 Å². The zero-order valence-corrected chi connectivity index (χ0v) is 8.13. The molecule has 0 unspecified atom stereocenters. The van der Waals surface area contributed by atoms with Gasteiger partial charge in [0.1, 0.15) is 5.82 Å². The maximum Gasteiger partial charge on any atom is 0.106 e. The van der Waals surface area contributed by atoms with Crippen molar-refractivity contribution in [3.05, 3.63) is 18.2 Å². The van der Waals surface area contributed by atoms with Crippen LogP contribution in [0, 0.1) is 0 Å². The Hall–Kier alpha value is -0.830. The Labute approximate surface area is 74.2 Å². The largest absolute Gasteiger partial charge is 0.385 e. The fraction of sp³-hybridized carbons (Fsp3) is 0.667. The second kappa shape index (κ2) is 8.27. The molecular weight excluding hydrogens is 152 g/mol. The average molecular weight is 170 g/mol. The predicted octanol–water partition coefficient (Wildman–Crippen LogP) is 2.01. The monoisotopic (exact) mass is 170 g/mol. The molecule has 0 atom stereocenters. The first kappa shape index (κ1) is 11.2. The van der Waals surface area contributed by atoms with E-state index in [0.29, 0.717) is 0 Å². The van der Waals surface area contributed by atoms with Gasteiger partial charge in [-0.05, 0) is 6.42 Å². The third-order valence-electron chi connectivity index (χ3n) is 1.32. The molecule has 70 valence electrons. The van der Waals surface area contributed by atoms with Crippen LogP contribution in [0.5, 0.6) is 0 Å². The minimum atomic E-state index is 0.806. The predicted molar refractivity (Wildman–Crippen MR) is 50.1 cm³/mol. The Morgan fingerprint density at radius 3 is 2.75 bits per heavy atom. The molecule has 0 spiro atoms. The van der Waals surface area contributed by atoms with Crippen molar-refractivity contribution < 1.29 is 4.74 Å². The Bertz CT molecular complexity index is 161. The Morgan fingerprint density at radius 1 is 1.50 bits per heavy atom. The summed E-state index contributed by atoms with van der Waals surface area (Å²) >= 11 is 0. The second-order valence-electron chi connectivity index (χ2n) is 2.13. The lowest BCUT2D eigenvalue weighted by Gasteiger charge is -1.94. The molecule has 0 aliphatic rings. The normalized spacial score (nSPS) is 8.92. The summed E-state index contributed by atoms with van der Waals surface area (Å²) in [6, 6.07) is 0. The van der Waals surface area contributed by atoms with Crippen molar-refractivity contribution in [1.82, 2.24) is 9.97 Å². The molecule has 0 bridgehead atoms. The number of ether oxygens (including phenoxy) is 1. The lowest BCUT2D eigenvalue weighted by molar-refractivity contribution is 0.194. The van der Waals surface area contributed by atoms with Gasteiger partial charge >= 0.3 is 0 Å². The fourth-order valence-corrected chi connectivity index (χ4v) is 0.819. The van der Waals surface area contributed by atoms with Crippen molar-refractivity contribution in [2.24, 2.45) is 0 Å². The van der Waals surface area contributed by atoms with E-state index in [2.05, 4.69) is 9.97 Å². The van der Waals surface area contributed by atoms with Crippen LogP contribution in [0.2, 0.25) is 0 Å². The van der Waals surface area contributed by atoms with Gasteiger partial charge in [-0.2, -0.15) is 0 Å². The molecule has 0 saturated carbocycles. The van der Waals surface area contributed by atoms with Crippen molar-refractivity contribution in [1.29, 1.82) is 0 Å². The average Bonchev–Trinajstić information content (AvgIpc) is 2.61. The third-order valence-corrected chi connectivity index (χ3v) is 1.32. The molecule has 0 amide bonds. The van der Waals surface area contributed by atoms with Crippen LogP contribution in [0.1, 0.15) is 26.1 Å². The molecule has 3 heteroatoms. The van der Waals surface area contributed by atoms with Crippen LogP contribution < -0.4 is 0 Å². The standard InChI is InChI=1S/C7H12N2O.C2H6/c1-10-6-2-3-7-8-4-5-9-7;1-2/h4-5H,2-3,6H2,1H3,(H,8,9);1-2H3. The zero-order chi connectivity index (χ0) is 9.23. The van der Waals surface area contributed by atoms with Crippen molar-refractivity contribution in [2.45, 2.75) is 26.7 Å². The van der Waals surface area contributed by atoms with E-state index in [0.717, 1.165) is 25.3 Å². The molecule has 3 nitrogen and oxygen atoms in total. The summed E-state index contributed by atoms with van der Waals surface area (Å²) in [5.41, 5.74) is 0. The van der Waals surface area contributed by atoms with E-state index >= 15 is 0 Å². The number of H-pyrrole nitrogens is 1. The molecule has 1 N–H and O–H groups in total. The quantitative estimate of drug-likeness (QED) is 0.702. The molecule has 1 rings (SSSR count). The molecule has 0 fully saturated rings. The van der Waals surface area contributed by atoms with E-state index in [9.17, 15) is 0 Å². The van der Waals surface area contributed by atoms with Crippen LogP contribution in [0.15, 0.2) is 12.4 Å². The van der Waals surface area contributed by atoms with E-state index < -0.39 is 0 Å². The molecule has 0 aliphatic heterocycles. The molecular formula is C9H18N2O. The maximum atomic E-state index is 4.90. The first-order valence-electron chi connectivity index (χ1n) is 4.40. The van der Waals surface area contributed by atoms with Gasteiger partial charge < -0.3 is 9.72 Å². The van der Waals surface area contributed by atoms with Gasteiger partial charge in [0.15, 0.2) is 0 Å². The Balaban J connectivity index is 0.000000561. The number of hydrogen-bond acceptors (Lipinski definition) is 2. The summed E-state index contributed by atoms with van der Waals surface area (Å²) in [7, 11) is 1.71. The SMILES string of the molecule is CC.COCCCc1ncc[nH]1. The minimum Gasteiger partial charge on any atom is -0.385 e. The highest BCUT2D eigenvalue weighted by molar-refractivity contribution is 4.86. The van der Waals surface area contributed by atoms with Crippen LogP contribution in [0.25, 0.3) is 0 Å². The first-order valence-corrected chi connectivity index (χ1v) is 4.40. The van der Waals surface area contributed by atoms with E-state index in [4.69, 9.17) is 4.74 Å². The topological polar surface area (TPSA) is 37.9 Å². The number of hydrogen-bond donors (Lipinski definition) is 1. The maximum absolute atomic E-state index is 4.90. The van der Waals surface area contributed by atoms with Crippen LogP contribution >= 0.6 is 0 Å². The molecule has 0 aliphatic carbocycles. The number of aromatic amines is 1. The van der Waals surface area contributed by atoms with Gasteiger partial charge in [0, 0.05) is 32.5 Å². The van der Waals surface area contributed by atoms with E-state index in [-0.39, 0.29) is 0 Å². The molecule has 1 aromatic heterocycles. The van der Waals surface area contributed by atoms with E-state index in [1.165, 1.54) is 0 Å². The smallest absolute Gasteiger partial charge is 0.106 e. The van der Waals surface area contributed by atoms with Gasteiger partial charge in [-0.3, -0.25) is 0 Å². The van der Waals surface area contributed by atoms with Crippen LogP contribution in [-0.4, -0.2) is 23.7 Å². The number of methoxy groups -OCH3 is 1. The number of imidazole rings is 1. The van der Waals surface area contributed by atoms with Gasteiger partial charge in [0.05, 0.1) is 0 Å². The first-order chi connectivity index (χ1) is 5.93. The van der Waals surface area contributed by atoms with Gasteiger partial charge in [-0.1, -0.05) is 13.8 Å². The van der Waals surface area contributed by atoms with Crippen molar-refractivity contribution >= 4 is 0 Å². The summed E-state index contributed by atoms with van der Waals surface area (Å²) in [5, 5.41) is 0. The van der Waals surface area contributed by atoms with Gasteiger partial charge in [-0.15, -0.1) is 0 Å². The number of aromatic nitrogens is 2. The second-order valence-corrected chi connectivity index (χ2v) is 2.13. The fourth-order valence-electron chi connectivity index (χ4n) is 0.819. The minimum absolute atomic E-state index is 0.806. The number of nitrogens with one attached hydrogen (secondary N) is 1. The van der Waals surface area contributed by atoms with Crippen molar-refractivity contribution in [2.75, 3.05) is 13.7 Å². The van der Waals surface area contributed by atoms with Gasteiger partial charge in [0.2, 0.25) is 0 Å². The van der Waals surface area contributed by atoms with Crippen molar-refractivity contribution in [3.63, 3.8) is 0 Å². The molecule has 0 aromatic carbocycles. The Kier molecular flexibility index (Phi) is 7.70. The molecule has 1 aromatic rings. The third kappa shape index (κ3) is 4.91. The molecule has 0 saturated heterocycles. The van der Waals surface area contributed by atoms with E-state index in [1.54, 1.807) is 13.3 Å². The summed E-state index contributed by atoms with van der Waals surface area (Å²) in [6.45, 7) is 4.81. The number of rotatable bonds is 4. The molecule has 12 heavy (non-hydrogen) atoms. The van der Waals surface area contributed by atoms with Crippen LogP contribution in [0.4, 0.5) is 0 Å². The zero-order valence-electron chi connectivity index (χ0n) is 8.13. The number of aryl methyl sites for hydroxylation is 1. The molecule has 1 heterocycles. The highest BCUT2D eigenvalue weighted by Gasteiger charge is 1.92. The summed E-state index contributed by atoms with van der Waals surface area (Å²) < 4.78 is 4.90. The molecule has 0 radical (unpaired) electrons.